The second-order valence-corrected chi connectivity index (χ2v) is 10.4. The number of benzene rings is 2. The molecule has 3 heterocycles. The number of nitrogens with zero attached hydrogens (tertiary/aromatic N) is 3. The van der Waals surface area contributed by atoms with Crippen LogP contribution in [0, 0.1) is 11.8 Å². The van der Waals surface area contributed by atoms with Gasteiger partial charge in [0.1, 0.15) is 6.04 Å². The Morgan fingerprint density at radius 2 is 1.58 bits per heavy atom. The third kappa shape index (κ3) is 5.47. The number of piperidine rings is 2. The van der Waals surface area contributed by atoms with Gasteiger partial charge in [-0.25, -0.2) is 0 Å². The molecule has 176 valence electrons. The van der Waals surface area contributed by atoms with Gasteiger partial charge in [0.05, 0.1) is 0 Å². The van der Waals surface area contributed by atoms with E-state index >= 15 is 0 Å². The highest BCUT2D eigenvalue weighted by molar-refractivity contribution is 9.10. The van der Waals surface area contributed by atoms with Crippen LogP contribution in [0.4, 0.5) is 0 Å². The molecule has 5 rings (SSSR count). The van der Waals surface area contributed by atoms with Crippen molar-refractivity contribution in [3.8, 4) is 0 Å². The Morgan fingerprint density at radius 1 is 0.909 bits per heavy atom. The van der Waals surface area contributed by atoms with Crippen LogP contribution >= 0.6 is 29.4 Å². The third-order valence-corrected chi connectivity index (χ3v) is 7.90. The van der Waals surface area contributed by atoms with E-state index in [0.29, 0.717) is 31.2 Å². The van der Waals surface area contributed by atoms with E-state index in [9.17, 15) is 9.59 Å². The summed E-state index contributed by atoms with van der Waals surface area (Å²) in [4.78, 5) is 32.6. The van der Waals surface area contributed by atoms with E-state index in [1.54, 1.807) is 4.90 Å². The molecule has 2 bridgehead atoms. The number of likely N-dealkylation sites (tertiary alicyclic amines) is 3. The lowest BCUT2D eigenvalue weighted by Gasteiger charge is -2.46. The molecule has 0 radical (unpaired) electrons. The lowest BCUT2D eigenvalue weighted by molar-refractivity contribution is -0.145. The van der Waals surface area contributed by atoms with Crippen molar-refractivity contribution in [2.75, 3.05) is 26.2 Å². The number of amides is 2. The van der Waals surface area contributed by atoms with Gasteiger partial charge in [-0.1, -0.05) is 64.5 Å². The van der Waals surface area contributed by atoms with Crippen molar-refractivity contribution in [3.05, 3.63) is 70.2 Å². The minimum Gasteiger partial charge on any atom is -0.340 e. The van der Waals surface area contributed by atoms with Crippen LogP contribution in [0.1, 0.15) is 30.4 Å². The summed E-state index contributed by atoms with van der Waals surface area (Å²) in [5.41, 5.74) is 2.40. The molecular formula is C26H32BrN3O2S. The van der Waals surface area contributed by atoms with Gasteiger partial charge in [-0.15, -0.1) is 0 Å². The minimum atomic E-state index is -0.325. The average Bonchev–Trinajstić information content (AvgIpc) is 3.15. The Hall–Kier alpha value is -1.83. The Morgan fingerprint density at radius 3 is 2.27 bits per heavy atom. The number of carbonyl (C=O) groups excluding carboxylic acids is 2. The average molecular weight is 531 g/mol. The maximum atomic E-state index is 13.5. The highest BCUT2D eigenvalue weighted by Gasteiger charge is 2.42. The Labute approximate surface area is 211 Å². The van der Waals surface area contributed by atoms with Crippen LogP contribution < -0.4 is 0 Å². The molecule has 0 spiro atoms. The summed E-state index contributed by atoms with van der Waals surface area (Å²) < 4.78 is 0.983. The lowest BCUT2D eigenvalue weighted by atomic mass is 9.84. The first-order valence-corrected chi connectivity index (χ1v) is 12.4. The van der Waals surface area contributed by atoms with Gasteiger partial charge in [-0.2, -0.15) is 13.5 Å². The predicted octanol–water partition coefficient (Wildman–Crippen LogP) is 4.03. The molecule has 7 heteroatoms. The van der Waals surface area contributed by atoms with Gasteiger partial charge < -0.3 is 9.80 Å². The summed E-state index contributed by atoms with van der Waals surface area (Å²) in [6.45, 7) is 5.18. The SMILES string of the molecule is O=C([C@@H]1CCC(=O)N1Cc1ccccc1Br)N1CC2CC(CN(Cc3ccccc3)C2)C1.S. The molecule has 5 nitrogen and oxygen atoms in total. The summed E-state index contributed by atoms with van der Waals surface area (Å²) in [5.74, 6) is 1.27. The van der Waals surface area contributed by atoms with Crippen molar-refractivity contribution in [1.29, 1.82) is 0 Å². The number of rotatable bonds is 5. The summed E-state index contributed by atoms with van der Waals surface area (Å²) in [6.07, 6.45) is 2.31. The highest BCUT2D eigenvalue weighted by Crippen LogP contribution is 2.32. The second kappa shape index (κ2) is 10.6. The molecule has 2 aromatic carbocycles. The number of halogens is 1. The molecule has 2 aromatic rings. The van der Waals surface area contributed by atoms with Crippen molar-refractivity contribution in [2.24, 2.45) is 11.8 Å². The van der Waals surface area contributed by atoms with E-state index in [0.717, 1.165) is 42.8 Å². The molecular weight excluding hydrogens is 498 g/mol. The normalized spacial score (nSPS) is 25.1. The summed E-state index contributed by atoms with van der Waals surface area (Å²) in [7, 11) is 0. The largest absolute Gasteiger partial charge is 0.340 e. The zero-order chi connectivity index (χ0) is 22.1. The van der Waals surface area contributed by atoms with Crippen molar-refractivity contribution in [1.82, 2.24) is 14.7 Å². The maximum Gasteiger partial charge on any atom is 0.245 e. The van der Waals surface area contributed by atoms with Crippen LogP contribution in [0.3, 0.4) is 0 Å². The second-order valence-electron chi connectivity index (χ2n) is 9.56. The molecule has 33 heavy (non-hydrogen) atoms. The van der Waals surface area contributed by atoms with E-state index < -0.39 is 0 Å². The van der Waals surface area contributed by atoms with E-state index in [-0.39, 0.29) is 31.4 Å². The molecule has 0 aromatic heterocycles. The van der Waals surface area contributed by atoms with E-state index in [1.165, 1.54) is 12.0 Å². The molecule has 0 saturated carbocycles. The van der Waals surface area contributed by atoms with Crippen molar-refractivity contribution < 1.29 is 9.59 Å². The number of hydrogen-bond donors (Lipinski definition) is 0. The van der Waals surface area contributed by atoms with Crippen LogP contribution in [0.5, 0.6) is 0 Å². The van der Waals surface area contributed by atoms with E-state index in [4.69, 9.17) is 0 Å². The lowest BCUT2D eigenvalue weighted by Crippen LogP contribution is -2.57. The Kier molecular flexibility index (Phi) is 7.82. The first-order valence-electron chi connectivity index (χ1n) is 11.6. The first-order chi connectivity index (χ1) is 15.6. The number of hydrogen-bond acceptors (Lipinski definition) is 3. The van der Waals surface area contributed by atoms with Gasteiger partial charge >= 0.3 is 0 Å². The van der Waals surface area contributed by atoms with Gasteiger partial charge in [0.25, 0.3) is 0 Å². The Bertz CT molecular complexity index is 975. The highest BCUT2D eigenvalue weighted by atomic mass is 79.9. The summed E-state index contributed by atoms with van der Waals surface area (Å²) >= 11 is 3.58. The smallest absolute Gasteiger partial charge is 0.245 e. The van der Waals surface area contributed by atoms with Gasteiger partial charge in [-0.05, 0) is 41.9 Å². The Balaban J connectivity index is 0.00000259. The van der Waals surface area contributed by atoms with Gasteiger partial charge in [0, 0.05) is 50.2 Å². The van der Waals surface area contributed by atoms with Gasteiger partial charge in [-0.3, -0.25) is 14.5 Å². The molecule has 2 amide bonds. The predicted molar refractivity (Wildman–Crippen MR) is 138 cm³/mol. The van der Waals surface area contributed by atoms with Gasteiger partial charge in [0.15, 0.2) is 0 Å². The fourth-order valence-electron chi connectivity index (χ4n) is 5.75. The zero-order valence-corrected chi connectivity index (χ0v) is 21.4. The summed E-state index contributed by atoms with van der Waals surface area (Å²) in [5, 5.41) is 0. The van der Waals surface area contributed by atoms with Crippen molar-refractivity contribution in [3.63, 3.8) is 0 Å². The van der Waals surface area contributed by atoms with Gasteiger partial charge in [0.2, 0.25) is 11.8 Å². The third-order valence-electron chi connectivity index (χ3n) is 7.13. The van der Waals surface area contributed by atoms with Crippen LogP contribution in [-0.2, 0) is 22.7 Å². The minimum absolute atomic E-state index is 0. The topological polar surface area (TPSA) is 43.9 Å². The number of fused-ring (bicyclic) bond motifs is 2. The zero-order valence-electron chi connectivity index (χ0n) is 18.8. The van der Waals surface area contributed by atoms with E-state index in [2.05, 4.69) is 56.1 Å². The molecule has 2 unspecified atom stereocenters. The monoisotopic (exact) mass is 529 g/mol. The maximum absolute atomic E-state index is 13.5. The van der Waals surface area contributed by atoms with Crippen LogP contribution in [0.2, 0.25) is 0 Å². The molecule has 0 N–H and O–H groups in total. The molecule has 3 aliphatic heterocycles. The number of carbonyl (C=O) groups is 2. The van der Waals surface area contributed by atoms with Crippen LogP contribution in [-0.4, -0.2) is 58.7 Å². The fourth-order valence-corrected chi connectivity index (χ4v) is 6.16. The molecule has 0 aliphatic carbocycles. The molecule has 3 atom stereocenters. The summed E-state index contributed by atoms with van der Waals surface area (Å²) in [6, 6.07) is 18.3. The van der Waals surface area contributed by atoms with Crippen LogP contribution in [0.15, 0.2) is 59.1 Å². The first kappa shape index (κ1) is 24.3. The van der Waals surface area contributed by atoms with Crippen LogP contribution in [0.25, 0.3) is 0 Å². The van der Waals surface area contributed by atoms with Crippen molar-refractivity contribution in [2.45, 2.75) is 38.4 Å². The molecule has 3 aliphatic rings. The van der Waals surface area contributed by atoms with E-state index in [1.807, 2.05) is 24.3 Å². The van der Waals surface area contributed by atoms with Crippen molar-refractivity contribution >= 4 is 41.2 Å². The standard InChI is InChI=1S/C26H30BrN3O2.H2S/c27-23-9-5-4-8-22(23)18-30-24(10-11-25(30)31)26(32)29-16-20-12-21(17-29)15-28(14-20)13-19-6-2-1-3-7-19;/h1-9,20-21,24H,10-18H2;1H2/t20?,21?,24-;/m0./s1. The quantitative estimate of drug-likeness (QED) is 0.587. The fraction of sp³-hybridized carbons (Fsp3) is 0.462. The molecule has 3 saturated heterocycles. The molecule has 3 fully saturated rings.